The van der Waals surface area contributed by atoms with E-state index in [1.54, 1.807) is 12.1 Å². The van der Waals surface area contributed by atoms with E-state index in [2.05, 4.69) is 25.3 Å². The molecule has 6 nitrogen and oxygen atoms in total. The van der Waals surface area contributed by atoms with Crippen LogP contribution in [-0.4, -0.2) is 55.6 Å². The second-order valence-corrected chi connectivity index (χ2v) is 7.68. The average molecular weight is 467 g/mol. The van der Waals surface area contributed by atoms with Crippen LogP contribution in [0.4, 0.5) is 30.4 Å². The number of alkyl halides is 3. The van der Waals surface area contributed by atoms with E-state index in [4.69, 9.17) is 16.3 Å². The monoisotopic (exact) mass is 466 g/mol. The van der Waals surface area contributed by atoms with E-state index in [-0.39, 0.29) is 5.75 Å². The summed E-state index contributed by atoms with van der Waals surface area (Å²) in [4.78, 5) is 6.77. The fourth-order valence-corrected chi connectivity index (χ4v) is 3.69. The third kappa shape index (κ3) is 5.93. The van der Waals surface area contributed by atoms with Crippen LogP contribution in [0.3, 0.4) is 0 Å². The summed E-state index contributed by atoms with van der Waals surface area (Å²) in [7, 11) is 0. The Kier molecular flexibility index (Phi) is 6.88. The predicted molar refractivity (Wildman–Crippen MR) is 119 cm³/mol. The average Bonchev–Trinajstić information content (AvgIpc) is 2.76. The lowest BCUT2D eigenvalue weighted by molar-refractivity contribution is -0.274. The number of rotatable bonds is 7. The number of hydrogen-bond acceptors (Lipinski definition) is 6. The molecule has 3 aromatic rings. The quantitative estimate of drug-likeness (QED) is 0.494. The van der Waals surface area contributed by atoms with Gasteiger partial charge in [-0.05, 0) is 30.3 Å². The maximum absolute atomic E-state index is 12.7. The first-order valence-corrected chi connectivity index (χ1v) is 10.5. The van der Waals surface area contributed by atoms with Gasteiger partial charge in [0.2, 0.25) is 0 Å². The molecule has 170 valence electrons. The van der Waals surface area contributed by atoms with E-state index < -0.39 is 6.36 Å². The van der Waals surface area contributed by atoms with Crippen molar-refractivity contribution in [1.29, 1.82) is 0 Å². The number of nitrogens with zero attached hydrogens (tertiary/aromatic N) is 2. The van der Waals surface area contributed by atoms with Crippen molar-refractivity contribution in [2.75, 3.05) is 50.0 Å². The molecule has 1 saturated heterocycles. The molecule has 2 N–H and O–H groups in total. The summed E-state index contributed by atoms with van der Waals surface area (Å²) < 4.78 is 47.5. The summed E-state index contributed by atoms with van der Waals surface area (Å²) in [5.41, 5.74) is 1.68. The van der Waals surface area contributed by atoms with E-state index in [1.165, 1.54) is 18.2 Å². The number of halogens is 4. The molecule has 0 spiro atoms. The van der Waals surface area contributed by atoms with Gasteiger partial charge in [-0.1, -0.05) is 23.7 Å². The lowest BCUT2D eigenvalue weighted by atomic mass is 10.2. The van der Waals surface area contributed by atoms with Gasteiger partial charge in [-0.25, -0.2) is 4.98 Å². The molecule has 0 aliphatic carbocycles. The second-order valence-electron chi connectivity index (χ2n) is 7.27. The van der Waals surface area contributed by atoms with Crippen LogP contribution < -0.4 is 15.4 Å². The molecule has 1 aliphatic heterocycles. The number of morpholine rings is 1. The number of pyridine rings is 1. The first kappa shape index (κ1) is 22.4. The zero-order valence-corrected chi connectivity index (χ0v) is 17.8. The molecule has 0 radical (unpaired) electrons. The molecule has 1 fully saturated rings. The number of hydrogen-bond donors (Lipinski definition) is 2. The van der Waals surface area contributed by atoms with Crippen molar-refractivity contribution in [3.8, 4) is 5.75 Å². The molecule has 4 rings (SSSR count). The number of nitrogens with one attached hydrogen (secondary N) is 2. The van der Waals surface area contributed by atoms with Gasteiger partial charge in [0.05, 0.1) is 35.1 Å². The van der Waals surface area contributed by atoms with Crippen LogP contribution in [0.5, 0.6) is 5.75 Å². The topological polar surface area (TPSA) is 58.7 Å². The molecule has 0 bridgehead atoms. The van der Waals surface area contributed by atoms with Crippen molar-refractivity contribution in [1.82, 2.24) is 9.88 Å². The van der Waals surface area contributed by atoms with Crippen LogP contribution in [-0.2, 0) is 4.74 Å². The number of anilines is 3. The molecule has 2 aromatic carbocycles. The van der Waals surface area contributed by atoms with E-state index >= 15 is 0 Å². The Morgan fingerprint density at radius 2 is 1.88 bits per heavy atom. The number of fused-ring (bicyclic) bond motifs is 1. The molecule has 0 amide bonds. The SMILES string of the molecule is FC(F)(F)Oc1ccc(Nc2ccc3cccc(Cl)c3n2)c(NCCN2CCOCC2)c1. The lowest BCUT2D eigenvalue weighted by Crippen LogP contribution is -2.39. The van der Waals surface area contributed by atoms with Crippen LogP contribution >= 0.6 is 11.6 Å². The van der Waals surface area contributed by atoms with Crippen molar-refractivity contribution in [2.24, 2.45) is 0 Å². The minimum absolute atomic E-state index is 0.300. The van der Waals surface area contributed by atoms with Crippen molar-refractivity contribution < 1.29 is 22.6 Å². The van der Waals surface area contributed by atoms with Gasteiger partial charge in [0, 0.05) is 37.6 Å². The molecule has 32 heavy (non-hydrogen) atoms. The lowest BCUT2D eigenvalue weighted by Gasteiger charge is -2.27. The van der Waals surface area contributed by atoms with Crippen LogP contribution in [0.25, 0.3) is 10.9 Å². The molecule has 0 saturated carbocycles. The molecule has 2 heterocycles. The number of benzene rings is 2. The highest BCUT2D eigenvalue weighted by Crippen LogP contribution is 2.33. The summed E-state index contributed by atoms with van der Waals surface area (Å²) in [6, 6.07) is 13.3. The van der Waals surface area contributed by atoms with Gasteiger partial charge >= 0.3 is 6.36 Å². The third-order valence-electron chi connectivity index (χ3n) is 5.01. The van der Waals surface area contributed by atoms with E-state index in [0.717, 1.165) is 25.0 Å². The molecule has 1 aliphatic rings. The number of para-hydroxylation sites is 1. The van der Waals surface area contributed by atoms with Crippen LogP contribution in [0.2, 0.25) is 5.02 Å². The van der Waals surface area contributed by atoms with Crippen molar-refractivity contribution in [3.63, 3.8) is 0 Å². The summed E-state index contributed by atoms with van der Waals surface area (Å²) in [6.07, 6.45) is -4.77. The van der Waals surface area contributed by atoms with E-state index in [1.807, 2.05) is 18.2 Å². The first-order valence-electron chi connectivity index (χ1n) is 10.1. The first-order chi connectivity index (χ1) is 15.4. The minimum Gasteiger partial charge on any atom is -0.406 e. The Balaban J connectivity index is 1.54. The van der Waals surface area contributed by atoms with E-state index in [0.29, 0.717) is 47.5 Å². The van der Waals surface area contributed by atoms with E-state index in [9.17, 15) is 13.2 Å². The van der Waals surface area contributed by atoms with Gasteiger partial charge in [-0.3, -0.25) is 4.90 Å². The summed E-state index contributed by atoms with van der Waals surface area (Å²) in [5, 5.41) is 7.78. The molecular formula is C22H22ClF3N4O2. The van der Waals surface area contributed by atoms with Gasteiger partial charge in [-0.2, -0.15) is 0 Å². The predicted octanol–water partition coefficient (Wildman–Crippen LogP) is 5.27. The van der Waals surface area contributed by atoms with Crippen LogP contribution in [0.15, 0.2) is 48.5 Å². The molecule has 0 unspecified atom stereocenters. The Bertz CT molecular complexity index is 1070. The highest BCUT2D eigenvalue weighted by molar-refractivity contribution is 6.35. The maximum atomic E-state index is 12.7. The Hall–Kier alpha value is -2.75. The standard InChI is InChI=1S/C22H22ClF3N4O2/c23-17-3-1-2-15-4-7-20(29-21(15)17)28-18-6-5-16(32-22(24,25)26)14-19(18)27-8-9-30-10-12-31-13-11-30/h1-7,14,27H,8-13H2,(H,28,29). The Morgan fingerprint density at radius 3 is 2.66 bits per heavy atom. The van der Waals surface area contributed by atoms with Crippen molar-refractivity contribution >= 4 is 39.7 Å². The fourth-order valence-electron chi connectivity index (χ4n) is 3.47. The highest BCUT2D eigenvalue weighted by atomic mass is 35.5. The third-order valence-corrected chi connectivity index (χ3v) is 5.31. The number of aromatic nitrogens is 1. The van der Waals surface area contributed by atoms with Crippen molar-refractivity contribution in [3.05, 3.63) is 53.6 Å². The van der Waals surface area contributed by atoms with Crippen LogP contribution in [0, 0.1) is 0 Å². The smallest absolute Gasteiger partial charge is 0.406 e. The summed E-state index contributed by atoms with van der Waals surface area (Å²) in [6.45, 7) is 4.28. The Morgan fingerprint density at radius 1 is 1.06 bits per heavy atom. The second kappa shape index (κ2) is 9.81. The Labute approximate surface area is 188 Å². The van der Waals surface area contributed by atoms with Crippen molar-refractivity contribution in [2.45, 2.75) is 6.36 Å². The zero-order chi connectivity index (χ0) is 22.6. The van der Waals surface area contributed by atoms with Gasteiger partial charge in [0.15, 0.2) is 0 Å². The zero-order valence-electron chi connectivity index (χ0n) is 17.1. The highest BCUT2D eigenvalue weighted by Gasteiger charge is 2.31. The summed E-state index contributed by atoms with van der Waals surface area (Å²) in [5.74, 6) is 0.220. The summed E-state index contributed by atoms with van der Waals surface area (Å²) >= 11 is 6.25. The molecule has 10 heteroatoms. The van der Waals surface area contributed by atoms with Gasteiger partial charge < -0.3 is 20.1 Å². The van der Waals surface area contributed by atoms with Gasteiger partial charge in [0.25, 0.3) is 0 Å². The minimum atomic E-state index is -4.77. The largest absolute Gasteiger partial charge is 0.573 e. The fraction of sp³-hybridized carbons (Fsp3) is 0.318. The van der Waals surface area contributed by atoms with Gasteiger partial charge in [-0.15, -0.1) is 13.2 Å². The number of ether oxygens (including phenoxy) is 2. The molecule has 1 aromatic heterocycles. The molecular weight excluding hydrogens is 445 g/mol. The molecule has 0 atom stereocenters. The van der Waals surface area contributed by atoms with Crippen LogP contribution in [0.1, 0.15) is 0 Å². The normalized spacial score (nSPS) is 15.0. The maximum Gasteiger partial charge on any atom is 0.573 e. The van der Waals surface area contributed by atoms with Gasteiger partial charge in [0.1, 0.15) is 11.6 Å².